The zero-order valence-corrected chi connectivity index (χ0v) is 35.4. The number of anilines is 1. The minimum Gasteiger partial charge on any atom is -0.343 e. The minimum atomic E-state index is -3.74. The third-order valence-corrected chi connectivity index (χ3v) is 13.4. The molecule has 6 heteroatoms. The molecular formula is C49H56ClNO3S. The van der Waals surface area contributed by atoms with Crippen molar-refractivity contribution >= 4 is 54.5 Å². The minimum absolute atomic E-state index is 0.110. The topological polar surface area (TPSA) is 46.6 Å². The second-order valence-corrected chi connectivity index (χ2v) is 19.9. The molecule has 0 fully saturated rings. The monoisotopic (exact) mass is 773 g/mol. The smallest absolute Gasteiger partial charge is 0.269 e. The van der Waals surface area contributed by atoms with Gasteiger partial charge in [0.1, 0.15) is 0 Å². The molecule has 7 rings (SSSR count). The normalized spacial score (nSPS) is 19.8. The fraction of sp³-hybridized carbons (Fsp3) is 0.388. The summed E-state index contributed by atoms with van der Waals surface area (Å²) in [6, 6.07) is 26.1. The molecule has 1 heterocycles. The molecule has 0 bridgehead atoms. The highest BCUT2D eigenvalue weighted by Gasteiger charge is 2.42. The van der Waals surface area contributed by atoms with Gasteiger partial charge >= 0.3 is 0 Å². The van der Waals surface area contributed by atoms with Crippen LogP contribution in [0.1, 0.15) is 104 Å². The fourth-order valence-electron chi connectivity index (χ4n) is 9.06. The van der Waals surface area contributed by atoms with Gasteiger partial charge in [-0.1, -0.05) is 158 Å². The van der Waals surface area contributed by atoms with Gasteiger partial charge < -0.3 is 4.90 Å². The molecule has 0 spiro atoms. The number of benzene rings is 4. The molecule has 0 N–H and O–H groups in total. The van der Waals surface area contributed by atoms with E-state index < -0.39 is 10.1 Å². The van der Waals surface area contributed by atoms with Gasteiger partial charge in [-0.15, -0.1) is 0 Å². The third-order valence-electron chi connectivity index (χ3n) is 11.7. The van der Waals surface area contributed by atoms with Crippen molar-refractivity contribution in [1.82, 2.24) is 0 Å². The lowest BCUT2D eigenvalue weighted by molar-refractivity contribution is 0.203. The molecule has 4 aromatic carbocycles. The number of hydrogen-bond donors (Lipinski definition) is 0. The molecule has 4 aromatic rings. The van der Waals surface area contributed by atoms with E-state index >= 15 is 0 Å². The first-order valence-electron chi connectivity index (χ1n) is 19.9. The SMILES string of the molecule is CCCC1=C(/C=C/C2=C(Cl)C(=C/C=C3/N(CCS(=O)(=O)OCC(C)(C)C)c4ccc5ccccc5c4C3(C)C)/CCC2)C(C)(C)c2c1ccc1ccccc21. The summed E-state index contributed by atoms with van der Waals surface area (Å²) in [6.45, 7) is 17.9. The van der Waals surface area contributed by atoms with Gasteiger partial charge in [-0.3, -0.25) is 4.18 Å². The highest BCUT2D eigenvalue weighted by Crippen LogP contribution is 2.52. The van der Waals surface area contributed by atoms with Gasteiger partial charge in [0.25, 0.3) is 10.1 Å². The van der Waals surface area contributed by atoms with Gasteiger partial charge in [0, 0.05) is 33.8 Å². The number of rotatable bonds is 10. The van der Waals surface area contributed by atoms with Crippen molar-refractivity contribution in [3.05, 3.63) is 141 Å². The summed E-state index contributed by atoms with van der Waals surface area (Å²) >= 11 is 7.33. The first-order valence-corrected chi connectivity index (χ1v) is 21.9. The Kier molecular flexibility index (Phi) is 10.6. The van der Waals surface area contributed by atoms with Crippen LogP contribution < -0.4 is 4.90 Å². The summed E-state index contributed by atoms with van der Waals surface area (Å²) in [5.74, 6) is -0.110. The molecule has 2 aliphatic carbocycles. The molecule has 0 saturated heterocycles. The summed E-state index contributed by atoms with van der Waals surface area (Å²) in [5, 5.41) is 5.79. The maximum atomic E-state index is 13.2. The van der Waals surface area contributed by atoms with E-state index in [-0.39, 0.29) is 35.1 Å². The quantitative estimate of drug-likeness (QED) is 0.151. The average molecular weight is 775 g/mol. The van der Waals surface area contributed by atoms with Crippen molar-refractivity contribution in [2.45, 2.75) is 98.3 Å². The van der Waals surface area contributed by atoms with Crippen LogP contribution in [0, 0.1) is 5.41 Å². The molecule has 0 unspecified atom stereocenters. The first-order chi connectivity index (χ1) is 26.0. The Hall–Kier alpha value is -3.90. The van der Waals surface area contributed by atoms with Crippen LogP contribution in [0.5, 0.6) is 0 Å². The van der Waals surface area contributed by atoms with E-state index in [0.717, 1.165) is 59.7 Å². The van der Waals surface area contributed by atoms with Crippen LogP contribution in [-0.4, -0.2) is 27.3 Å². The van der Waals surface area contributed by atoms with Gasteiger partial charge in [0.2, 0.25) is 0 Å². The average Bonchev–Trinajstić information content (AvgIpc) is 3.50. The van der Waals surface area contributed by atoms with E-state index in [1.54, 1.807) is 0 Å². The predicted molar refractivity (Wildman–Crippen MR) is 234 cm³/mol. The zero-order chi connectivity index (χ0) is 39.3. The zero-order valence-electron chi connectivity index (χ0n) is 33.9. The van der Waals surface area contributed by atoms with E-state index in [2.05, 4.69) is 137 Å². The van der Waals surface area contributed by atoms with Crippen molar-refractivity contribution in [1.29, 1.82) is 0 Å². The Bertz CT molecular complexity index is 2430. The van der Waals surface area contributed by atoms with Gasteiger partial charge in [0.15, 0.2) is 0 Å². The van der Waals surface area contributed by atoms with E-state index in [1.807, 2.05) is 20.8 Å². The lowest BCUT2D eigenvalue weighted by Crippen LogP contribution is -2.31. The maximum absolute atomic E-state index is 13.2. The van der Waals surface area contributed by atoms with E-state index in [0.29, 0.717) is 0 Å². The van der Waals surface area contributed by atoms with Crippen LogP contribution in [0.15, 0.2) is 125 Å². The van der Waals surface area contributed by atoms with Crippen LogP contribution in [0.3, 0.4) is 0 Å². The van der Waals surface area contributed by atoms with Gasteiger partial charge in [-0.2, -0.15) is 8.42 Å². The second kappa shape index (κ2) is 14.9. The summed E-state index contributed by atoms with van der Waals surface area (Å²) in [7, 11) is -3.74. The Labute approximate surface area is 334 Å². The highest BCUT2D eigenvalue weighted by molar-refractivity contribution is 7.86. The summed E-state index contributed by atoms with van der Waals surface area (Å²) in [4.78, 5) is 2.18. The highest BCUT2D eigenvalue weighted by atomic mass is 35.5. The van der Waals surface area contributed by atoms with Gasteiger partial charge in [0.05, 0.1) is 12.4 Å². The van der Waals surface area contributed by atoms with Crippen LogP contribution in [-0.2, 0) is 25.1 Å². The maximum Gasteiger partial charge on any atom is 0.269 e. The van der Waals surface area contributed by atoms with Crippen LogP contribution in [0.25, 0.3) is 27.1 Å². The molecule has 1 aliphatic heterocycles. The number of hydrogen-bond acceptors (Lipinski definition) is 4. The van der Waals surface area contributed by atoms with Crippen LogP contribution >= 0.6 is 11.6 Å². The molecule has 4 nitrogen and oxygen atoms in total. The largest absolute Gasteiger partial charge is 0.343 e. The predicted octanol–water partition coefficient (Wildman–Crippen LogP) is 13.1. The van der Waals surface area contributed by atoms with E-state index in [9.17, 15) is 8.42 Å². The Morgan fingerprint density at radius 1 is 0.818 bits per heavy atom. The van der Waals surface area contributed by atoms with E-state index in [4.69, 9.17) is 15.8 Å². The van der Waals surface area contributed by atoms with Crippen molar-refractivity contribution in [3.63, 3.8) is 0 Å². The Morgan fingerprint density at radius 3 is 2.15 bits per heavy atom. The van der Waals surface area contributed by atoms with Crippen LogP contribution in [0.2, 0.25) is 0 Å². The Morgan fingerprint density at radius 2 is 1.47 bits per heavy atom. The first kappa shape index (κ1) is 39.3. The van der Waals surface area contributed by atoms with Crippen LogP contribution in [0.4, 0.5) is 5.69 Å². The molecular weight excluding hydrogens is 718 g/mol. The molecule has 0 amide bonds. The standard InChI is InChI=1S/C49H56ClNO3S/c1-9-15-39-40-26-22-33-16-10-12-20-37(33)44(40)48(5,6)41(39)27-23-35-18-14-19-36(46(35)50)25-29-43-49(7,8)45-38-21-13-11-17-34(38)24-28-42(45)51(43)30-31-55(52,53)54-32-47(2,3)4/h10-13,16-17,20-29H,9,14-15,18-19,30-32H2,1-8H3/b27-23+,36-25+,43-29+. The van der Waals surface area contributed by atoms with Crippen molar-refractivity contribution < 1.29 is 12.6 Å². The number of allylic oxidation sites excluding steroid dienone is 10. The Balaban J connectivity index is 1.24. The summed E-state index contributed by atoms with van der Waals surface area (Å²) < 4.78 is 31.8. The molecule has 0 atom stereocenters. The van der Waals surface area contributed by atoms with E-state index in [1.165, 1.54) is 49.4 Å². The van der Waals surface area contributed by atoms with Crippen molar-refractivity contribution in [3.8, 4) is 0 Å². The molecule has 288 valence electrons. The number of halogens is 1. The lowest BCUT2D eigenvalue weighted by Gasteiger charge is -2.27. The van der Waals surface area contributed by atoms with Crippen molar-refractivity contribution in [2.75, 3.05) is 23.8 Å². The fourth-order valence-corrected chi connectivity index (χ4v) is 10.4. The van der Waals surface area contributed by atoms with Crippen molar-refractivity contribution in [2.24, 2.45) is 5.41 Å². The lowest BCUT2D eigenvalue weighted by atomic mass is 9.78. The molecule has 0 radical (unpaired) electrons. The molecule has 0 aromatic heterocycles. The molecule has 55 heavy (non-hydrogen) atoms. The second-order valence-electron chi connectivity index (χ2n) is 17.8. The third kappa shape index (κ3) is 7.53. The summed E-state index contributed by atoms with van der Waals surface area (Å²) in [5.41, 5.74) is 10.4. The van der Waals surface area contributed by atoms with Gasteiger partial charge in [-0.25, -0.2) is 0 Å². The van der Waals surface area contributed by atoms with Gasteiger partial charge in [-0.05, 0) is 104 Å². The molecule has 0 saturated carbocycles. The summed E-state index contributed by atoms with van der Waals surface area (Å²) in [6.07, 6.45) is 13.9. The number of fused-ring (bicyclic) bond motifs is 6. The molecule has 3 aliphatic rings. The number of nitrogens with zero attached hydrogens (tertiary/aromatic N) is 1.